The lowest BCUT2D eigenvalue weighted by Gasteiger charge is -2.21. The van der Waals surface area contributed by atoms with Crippen molar-refractivity contribution >= 4 is 15.9 Å². The van der Waals surface area contributed by atoms with Gasteiger partial charge in [0.1, 0.15) is 0 Å². The minimum Gasteiger partial charge on any atom is -0.349 e. The fraction of sp³-hybridized carbons (Fsp3) is 0.714. The van der Waals surface area contributed by atoms with Crippen LogP contribution in [-0.2, 0) is 17.1 Å². The van der Waals surface area contributed by atoms with Gasteiger partial charge in [-0.1, -0.05) is 32.1 Å². The molecule has 2 saturated carbocycles. The van der Waals surface area contributed by atoms with E-state index in [4.69, 9.17) is 5.14 Å². The standard InChI is InChI=1S/C14H22N4O3S/c1-18-14(22(15,20)21)11(8-16-18)13(19)17-12-7-10(12)9-5-3-2-4-6-9/h8-10,12H,2-7H2,1H3,(H,17,19)(H2,15,20,21)/t10-,12+/m0/s1. The molecule has 0 radical (unpaired) electrons. The normalized spacial score (nSPS) is 25.9. The zero-order valence-corrected chi connectivity index (χ0v) is 13.5. The van der Waals surface area contributed by atoms with Crippen LogP contribution in [0.2, 0.25) is 0 Å². The van der Waals surface area contributed by atoms with E-state index < -0.39 is 15.9 Å². The third-order valence-corrected chi connectivity index (χ3v) is 5.83. The van der Waals surface area contributed by atoms with Gasteiger partial charge < -0.3 is 5.32 Å². The van der Waals surface area contributed by atoms with Crippen molar-refractivity contribution in [2.75, 3.05) is 0 Å². The molecule has 2 aliphatic rings. The van der Waals surface area contributed by atoms with Crippen molar-refractivity contribution in [3.8, 4) is 0 Å². The summed E-state index contributed by atoms with van der Waals surface area (Å²) in [5.74, 6) is 0.838. The van der Waals surface area contributed by atoms with E-state index in [0.29, 0.717) is 11.8 Å². The first-order valence-corrected chi connectivity index (χ1v) is 9.28. The summed E-state index contributed by atoms with van der Waals surface area (Å²) < 4.78 is 24.3. The topological polar surface area (TPSA) is 107 Å². The second kappa shape index (κ2) is 5.66. The van der Waals surface area contributed by atoms with E-state index in [2.05, 4.69) is 10.4 Å². The lowest BCUT2D eigenvalue weighted by atomic mass is 9.85. The highest BCUT2D eigenvalue weighted by Gasteiger charge is 2.44. The summed E-state index contributed by atoms with van der Waals surface area (Å²) >= 11 is 0. The Labute approximate surface area is 130 Å². The molecule has 0 aliphatic heterocycles. The van der Waals surface area contributed by atoms with Crippen LogP contribution in [0.4, 0.5) is 0 Å². The average molecular weight is 326 g/mol. The summed E-state index contributed by atoms with van der Waals surface area (Å²) in [4.78, 5) is 12.3. The number of nitrogens with one attached hydrogen (secondary N) is 1. The number of carbonyl (C=O) groups excluding carboxylic acids is 1. The molecular formula is C14H22N4O3S. The second-order valence-electron chi connectivity index (χ2n) is 6.41. The number of sulfonamides is 1. The zero-order valence-electron chi connectivity index (χ0n) is 12.7. The number of primary sulfonamides is 1. The van der Waals surface area contributed by atoms with Crippen LogP contribution in [0.1, 0.15) is 48.9 Å². The van der Waals surface area contributed by atoms with Crippen molar-refractivity contribution in [2.45, 2.75) is 49.6 Å². The SMILES string of the molecule is Cn1ncc(C(=O)N[C@@H]2C[C@H]2C2CCCCC2)c1S(N)(=O)=O. The van der Waals surface area contributed by atoms with Gasteiger partial charge in [0.2, 0.25) is 0 Å². The van der Waals surface area contributed by atoms with Gasteiger partial charge in [-0.05, 0) is 18.3 Å². The Balaban J connectivity index is 1.67. The first-order valence-electron chi connectivity index (χ1n) is 7.73. The molecule has 1 aromatic heterocycles. The van der Waals surface area contributed by atoms with Crippen LogP contribution in [0.25, 0.3) is 0 Å². The largest absolute Gasteiger partial charge is 0.349 e. The van der Waals surface area contributed by atoms with E-state index in [9.17, 15) is 13.2 Å². The van der Waals surface area contributed by atoms with Crippen LogP contribution >= 0.6 is 0 Å². The monoisotopic (exact) mass is 326 g/mol. The molecule has 1 amide bonds. The van der Waals surface area contributed by atoms with Crippen molar-refractivity contribution in [1.82, 2.24) is 15.1 Å². The minimum absolute atomic E-state index is 0.0271. The lowest BCUT2D eigenvalue weighted by Crippen LogP contribution is -2.30. The Bertz CT molecular complexity index is 676. The highest BCUT2D eigenvalue weighted by molar-refractivity contribution is 7.89. The van der Waals surface area contributed by atoms with E-state index >= 15 is 0 Å². The van der Waals surface area contributed by atoms with Gasteiger partial charge >= 0.3 is 0 Å². The van der Waals surface area contributed by atoms with Crippen molar-refractivity contribution in [2.24, 2.45) is 24.0 Å². The van der Waals surface area contributed by atoms with E-state index in [0.717, 1.165) is 11.1 Å². The maximum absolute atomic E-state index is 12.3. The Hall–Kier alpha value is -1.41. The number of amides is 1. The van der Waals surface area contributed by atoms with E-state index in [1.54, 1.807) is 0 Å². The van der Waals surface area contributed by atoms with Crippen LogP contribution in [0, 0.1) is 11.8 Å². The average Bonchev–Trinajstić information content (AvgIpc) is 3.10. The molecule has 0 unspecified atom stereocenters. The van der Waals surface area contributed by atoms with Gasteiger partial charge in [0.25, 0.3) is 15.9 Å². The molecule has 2 aliphatic carbocycles. The predicted octanol–water partition coefficient (Wildman–Crippen LogP) is 0.766. The van der Waals surface area contributed by atoms with Gasteiger partial charge in [-0.3, -0.25) is 9.48 Å². The van der Waals surface area contributed by atoms with Crippen LogP contribution < -0.4 is 10.5 Å². The number of aromatic nitrogens is 2. The summed E-state index contributed by atoms with van der Waals surface area (Å²) in [5, 5.41) is 11.7. The summed E-state index contributed by atoms with van der Waals surface area (Å²) in [6, 6.07) is 0.157. The van der Waals surface area contributed by atoms with Gasteiger partial charge in [-0.15, -0.1) is 0 Å². The van der Waals surface area contributed by atoms with Crippen molar-refractivity contribution in [3.63, 3.8) is 0 Å². The number of hydrogen-bond acceptors (Lipinski definition) is 4. The number of nitrogens with zero attached hydrogens (tertiary/aromatic N) is 2. The molecular weight excluding hydrogens is 304 g/mol. The first kappa shape index (κ1) is 15.5. The molecule has 0 aromatic carbocycles. The summed E-state index contributed by atoms with van der Waals surface area (Å²) in [5.41, 5.74) is 0.0271. The molecule has 7 nitrogen and oxygen atoms in total. The van der Waals surface area contributed by atoms with Crippen LogP contribution in [0.15, 0.2) is 11.2 Å². The number of hydrogen-bond donors (Lipinski definition) is 2. The quantitative estimate of drug-likeness (QED) is 0.852. The number of rotatable bonds is 4. The van der Waals surface area contributed by atoms with Crippen LogP contribution in [0.5, 0.6) is 0 Å². The molecule has 0 saturated heterocycles. The van der Waals surface area contributed by atoms with Gasteiger partial charge in [-0.25, -0.2) is 13.6 Å². The van der Waals surface area contributed by atoms with Crippen LogP contribution in [0.3, 0.4) is 0 Å². The van der Waals surface area contributed by atoms with Crippen molar-refractivity contribution in [1.29, 1.82) is 0 Å². The summed E-state index contributed by atoms with van der Waals surface area (Å²) in [7, 11) is -2.52. The third kappa shape index (κ3) is 3.03. The highest BCUT2D eigenvalue weighted by atomic mass is 32.2. The van der Waals surface area contributed by atoms with Gasteiger partial charge in [0.05, 0.1) is 11.8 Å². The second-order valence-corrected chi connectivity index (χ2v) is 7.89. The Morgan fingerprint density at radius 2 is 2.05 bits per heavy atom. The predicted molar refractivity (Wildman–Crippen MR) is 80.5 cm³/mol. The smallest absolute Gasteiger partial charge is 0.256 e. The van der Waals surface area contributed by atoms with E-state index in [1.807, 2.05) is 0 Å². The van der Waals surface area contributed by atoms with Crippen LogP contribution in [-0.4, -0.2) is 30.1 Å². The molecule has 2 fully saturated rings. The molecule has 1 heterocycles. The number of aryl methyl sites for hydroxylation is 1. The molecule has 2 atom stereocenters. The molecule has 0 spiro atoms. The maximum atomic E-state index is 12.3. The Morgan fingerprint density at radius 1 is 1.36 bits per heavy atom. The minimum atomic E-state index is -3.98. The van der Waals surface area contributed by atoms with E-state index in [1.165, 1.54) is 45.3 Å². The molecule has 8 heteroatoms. The fourth-order valence-corrected chi connectivity index (χ4v) is 4.50. The first-order chi connectivity index (χ1) is 10.4. The number of nitrogens with two attached hydrogens (primary N) is 1. The molecule has 0 bridgehead atoms. The third-order valence-electron chi connectivity index (χ3n) is 4.81. The Kier molecular flexibility index (Phi) is 3.98. The molecule has 3 N–H and O–H groups in total. The molecule has 3 rings (SSSR count). The summed E-state index contributed by atoms with van der Waals surface area (Å²) in [6.07, 6.45) is 8.60. The van der Waals surface area contributed by atoms with Gasteiger partial charge in [0, 0.05) is 13.1 Å². The molecule has 122 valence electrons. The number of carbonyl (C=O) groups is 1. The lowest BCUT2D eigenvalue weighted by molar-refractivity contribution is 0.0943. The molecule has 1 aromatic rings. The fourth-order valence-electron chi connectivity index (χ4n) is 3.63. The summed E-state index contributed by atoms with van der Waals surface area (Å²) in [6.45, 7) is 0. The van der Waals surface area contributed by atoms with Gasteiger partial charge in [0.15, 0.2) is 5.03 Å². The van der Waals surface area contributed by atoms with Crippen molar-refractivity contribution < 1.29 is 13.2 Å². The maximum Gasteiger partial charge on any atom is 0.256 e. The molecule has 22 heavy (non-hydrogen) atoms. The highest BCUT2D eigenvalue weighted by Crippen LogP contribution is 2.44. The van der Waals surface area contributed by atoms with Gasteiger partial charge in [-0.2, -0.15) is 5.10 Å². The zero-order chi connectivity index (χ0) is 15.9. The van der Waals surface area contributed by atoms with Crippen molar-refractivity contribution in [3.05, 3.63) is 11.8 Å². The Morgan fingerprint density at radius 3 is 2.68 bits per heavy atom. The van der Waals surface area contributed by atoms with E-state index in [-0.39, 0.29) is 16.6 Å².